The Kier molecular flexibility index (Phi) is 7.17. The van der Waals surface area contributed by atoms with Gasteiger partial charge in [-0.05, 0) is 42.0 Å². The van der Waals surface area contributed by atoms with Crippen LogP contribution in [0.1, 0.15) is 27.2 Å². The van der Waals surface area contributed by atoms with E-state index in [4.69, 9.17) is 10.5 Å². The number of carbonyl (C=O) groups excluding carboxylic acids is 1. The highest BCUT2D eigenvalue weighted by atomic mass is 16.5. The summed E-state index contributed by atoms with van der Waals surface area (Å²) < 4.78 is 5.41. The van der Waals surface area contributed by atoms with Crippen LogP contribution in [0.5, 0.6) is 5.75 Å². The molecule has 0 unspecified atom stereocenters. The maximum absolute atomic E-state index is 11.9. The van der Waals surface area contributed by atoms with Gasteiger partial charge in [-0.2, -0.15) is 0 Å². The zero-order chi connectivity index (χ0) is 25.6. The van der Waals surface area contributed by atoms with E-state index in [1.807, 2.05) is 24.3 Å². The van der Waals surface area contributed by atoms with Crippen LogP contribution in [0.15, 0.2) is 73.1 Å². The lowest BCUT2D eigenvalue weighted by atomic mass is 10.1. The molecular formula is C29H25N5O3. The van der Waals surface area contributed by atoms with Crippen LogP contribution in [-0.2, 0) is 11.3 Å². The number of carbonyl (C=O) groups is 1. The fraction of sp³-hybridized carbons (Fsp3) is 0.172. The SMILES string of the molecule is NC(=O)c1nc(-c2cccnc2)nc(-c2ccc(C#Cc3ccc(CN4CCOCC4)cc3)cc2)c1O. The van der Waals surface area contributed by atoms with Crippen LogP contribution in [0, 0.1) is 11.8 Å². The Balaban J connectivity index is 1.35. The van der Waals surface area contributed by atoms with Gasteiger partial charge >= 0.3 is 0 Å². The second kappa shape index (κ2) is 11.0. The van der Waals surface area contributed by atoms with Gasteiger partial charge in [0.25, 0.3) is 5.91 Å². The number of primary amides is 1. The van der Waals surface area contributed by atoms with Crippen LogP contribution >= 0.6 is 0 Å². The molecule has 1 amide bonds. The maximum atomic E-state index is 11.9. The molecule has 8 nitrogen and oxygen atoms in total. The smallest absolute Gasteiger partial charge is 0.271 e. The number of aromatic hydroxyl groups is 1. The molecule has 0 bridgehead atoms. The molecule has 5 rings (SSSR count). The fourth-order valence-electron chi connectivity index (χ4n) is 4.02. The van der Waals surface area contributed by atoms with Gasteiger partial charge in [-0.3, -0.25) is 14.7 Å². The topological polar surface area (TPSA) is 114 Å². The van der Waals surface area contributed by atoms with Crippen molar-refractivity contribution in [2.24, 2.45) is 5.73 Å². The third-order valence-corrected chi connectivity index (χ3v) is 6.01. The van der Waals surface area contributed by atoms with E-state index in [1.54, 1.807) is 36.7 Å². The minimum absolute atomic E-state index is 0.206. The maximum Gasteiger partial charge on any atom is 0.271 e. The summed E-state index contributed by atoms with van der Waals surface area (Å²) >= 11 is 0. The molecule has 0 spiro atoms. The molecule has 184 valence electrons. The number of morpholine rings is 1. The molecule has 37 heavy (non-hydrogen) atoms. The third kappa shape index (κ3) is 5.81. The summed E-state index contributed by atoms with van der Waals surface area (Å²) in [5, 5.41) is 10.7. The molecule has 1 saturated heterocycles. The van der Waals surface area contributed by atoms with Gasteiger partial charge in [0.05, 0.1) is 13.2 Å². The normalized spacial score (nSPS) is 13.5. The van der Waals surface area contributed by atoms with Crippen LogP contribution < -0.4 is 5.73 Å². The van der Waals surface area contributed by atoms with E-state index in [0.29, 0.717) is 11.1 Å². The Morgan fingerprint density at radius 2 is 1.62 bits per heavy atom. The van der Waals surface area contributed by atoms with Gasteiger partial charge in [0.15, 0.2) is 17.3 Å². The Bertz CT molecular complexity index is 1450. The summed E-state index contributed by atoms with van der Waals surface area (Å²) in [4.78, 5) is 27.0. The monoisotopic (exact) mass is 491 g/mol. The summed E-state index contributed by atoms with van der Waals surface area (Å²) in [6.45, 7) is 4.40. The minimum atomic E-state index is -0.843. The molecular weight excluding hydrogens is 466 g/mol. The molecule has 0 aliphatic carbocycles. The number of hydrogen-bond acceptors (Lipinski definition) is 7. The lowest BCUT2D eigenvalue weighted by Crippen LogP contribution is -2.35. The number of rotatable bonds is 5. The lowest BCUT2D eigenvalue weighted by molar-refractivity contribution is 0.0342. The molecule has 2 aromatic carbocycles. The molecule has 0 atom stereocenters. The van der Waals surface area contributed by atoms with Crippen molar-refractivity contribution >= 4 is 5.91 Å². The molecule has 0 radical (unpaired) electrons. The highest BCUT2D eigenvalue weighted by Gasteiger charge is 2.19. The van der Waals surface area contributed by atoms with Crippen molar-refractivity contribution in [2.75, 3.05) is 26.3 Å². The quantitative estimate of drug-likeness (QED) is 0.412. The first-order valence-electron chi connectivity index (χ1n) is 11.9. The van der Waals surface area contributed by atoms with Crippen molar-refractivity contribution in [1.82, 2.24) is 19.9 Å². The first kappa shape index (κ1) is 24.1. The van der Waals surface area contributed by atoms with Gasteiger partial charge in [-0.25, -0.2) is 9.97 Å². The second-order valence-corrected chi connectivity index (χ2v) is 8.61. The van der Waals surface area contributed by atoms with Gasteiger partial charge < -0.3 is 15.6 Å². The highest BCUT2D eigenvalue weighted by molar-refractivity contribution is 5.96. The number of nitrogens with two attached hydrogens (primary N) is 1. The number of nitrogens with zero attached hydrogens (tertiary/aromatic N) is 4. The average molecular weight is 492 g/mol. The van der Waals surface area contributed by atoms with Gasteiger partial charge in [-0.1, -0.05) is 36.1 Å². The zero-order valence-electron chi connectivity index (χ0n) is 20.1. The van der Waals surface area contributed by atoms with E-state index < -0.39 is 5.91 Å². The van der Waals surface area contributed by atoms with Crippen LogP contribution in [0.4, 0.5) is 0 Å². The molecule has 4 aromatic rings. The van der Waals surface area contributed by atoms with Gasteiger partial charge in [0.2, 0.25) is 0 Å². The van der Waals surface area contributed by atoms with Crippen LogP contribution in [0.2, 0.25) is 0 Å². The predicted octanol–water partition coefficient (Wildman–Crippen LogP) is 3.24. The summed E-state index contributed by atoms with van der Waals surface area (Å²) in [6, 6.07) is 19.0. The van der Waals surface area contributed by atoms with Crippen molar-refractivity contribution in [2.45, 2.75) is 6.54 Å². The molecule has 3 heterocycles. The van der Waals surface area contributed by atoms with Crippen LogP contribution in [0.3, 0.4) is 0 Å². The summed E-state index contributed by atoms with van der Waals surface area (Å²) in [5.41, 5.74) is 9.60. The van der Waals surface area contributed by atoms with Crippen molar-refractivity contribution in [3.8, 4) is 40.2 Å². The molecule has 0 saturated carbocycles. The summed E-state index contributed by atoms with van der Waals surface area (Å²) in [6.07, 6.45) is 3.20. The standard InChI is InChI=1S/C29H25N5O3/c30-28(36)26-27(35)25(32-29(33-26)24-2-1-13-31-18-24)23-11-9-21(10-12-23)4-3-20-5-7-22(8-6-20)19-34-14-16-37-17-15-34/h1-2,5-13,18,35H,14-17,19H2,(H2,30,36). The third-order valence-electron chi connectivity index (χ3n) is 6.01. The Labute approximate surface area is 214 Å². The molecule has 1 aliphatic rings. The minimum Gasteiger partial charge on any atom is -0.504 e. The summed E-state index contributed by atoms with van der Waals surface area (Å²) in [7, 11) is 0. The van der Waals surface area contributed by atoms with E-state index in [0.717, 1.165) is 44.0 Å². The van der Waals surface area contributed by atoms with Crippen molar-refractivity contribution in [3.05, 3.63) is 95.4 Å². The second-order valence-electron chi connectivity index (χ2n) is 8.61. The number of pyridine rings is 1. The molecule has 8 heteroatoms. The largest absolute Gasteiger partial charge is 0.504 e. The van der Waals surface area contributed by atoms with E-state index in [2.05, 4.69) is 43.8 Å². The van der Waals surface area contributed by atoms with Crippen molar-refractivity contribution in [3.63, 3.8) is 0 Å². The number of benzene rings is 2. The zero-order valence-corrected chi connectivity index (χ0v) is 20.1. The van der Waals surface area contributed by atoms with E-state index in [9.17, 15) is 9.90 Å². The number of amides is 1. The Morgan fingerprint density at radius 1 is 0.946 bits per heavy atom. The first-order valence-corrected chi connectivity index (χ1v) is 11.9. The number of aromatic nitrogens is 3. The van der Waals surface area contributed by atoms with Crippen LogP contribution in [0.25, 0.3) is 22.6 Å². The number of ether oxygens (including phenoxy) is 1. The summed E-state index contributed by atoms with van der Waals surface area (Å²) in [5.74, 6) is 5.40. The average Bonchev–Trinajstić information content (AvgIpc) is 2.94. The molecule has 3 N–H and O–H groups in total. The molecule has 1 aliphatic heterocycles. The lowest BCUT2D eigenvalue weighted by Gasteiger charge is -2.26. The molecule has 2 aromatic heterocycles. The first-order chi connectivity index (χ1) is 18.1. The van der Waals surface area contributed by atoms with Crippen LogP contribution in [-0.4, -0.2) is 57.2 Å². The van der Waals surface area contributed by atoms with E-state index in [-0.39, 0.29) is 23.0 Å². The predicted molar refractivity (Wildman–Crippen MR) is 139 cm³/mol. The van der Waals surface area contributed by atoms with Gasteiger partial charge in [0, 0.05) is 54.3 Å². The highest BCUT2D eigenvalue weighted by Crippen LogP contribution is 2.32. The molecule has 1 fully saturated rings. The fourth-order valence-corrected chi connectivity index (χ4v) is 4.02. The Morgan fingerprint density at radius 3 is 2.24 bits per heavy atom. The Hall–Kier alpha value is -4.58. The van der Waals surface area contributed by atoms with E-state index >= 15 is 0 Å². The van der Waals surface area contributed by atoms with Gasteiger partial charge in [-0.15, -0.1) is 0 Å². The van der Waals surface area contributed by atoms with Crippen molar-refractivity contribution < 1.29 is 14.6 Å². The van der Waals surface area contributed by atoms with Gasteiger partial charge in [0.1, 0.15) is 5.69 Å². The van der Waals surface area contributed by atoms with Crippen molar-refractivity contribution in [1.29, 1.82) is 0 Å². The van der Waals surface area contributed by atoms with E-state index in [1.165, 1.54) is 5.56 Å². The number of hydrogen-bond donors (Lipinski definition) is 2.